The average molecular weight is 1950 g/mol. The van der Waals surface area contributed by atoms with Crippen molar-refractivity contribution in [2.24, 2.45) is 0 Å². The first-order valence-electron chi connectivity index (χ1n) is 61.6. The van der Waals surface area contributed by atoms with Crippen LogP contribution in [0.5, 0.6) is 34.5 Å². The van der Waals surface area contributed by atoms with Crippen molar-refractivity contribution in [3.05, 3.63) is 82.4 Å². The maximum atomic E-state index is 7.16. The summed E-state index contributed by atoms with van der Waals surface area (Å²) in [5, 5.41) is 0. The van der Waals surface area contributed by atoms with Gasteiger partial charge >= 0.3 is 0 Å². The van der Waals surface area contributed by atoms with E-state index < -0.39 is 0 Å². The number of nitrogens with zero attached hydrogens (tertiary/aromatic N) is 2. The van der Waals surface area contributed by atoms with E-state index in [-0.39, 0.29) is 0 Å². The second-order valence-electron chi connectivity index (χ2n) is 43.1. The van der Waals surface area contributed by atoms with Crippen LogP contribution in [0.4, 0.5) is 0 Å². The van der Waals surface area contributed by atoms with Crippen LogP contribution in [0, 0.1) is 24.7 Å². The van der Waals surface area contributed by atoms with E-state index in [1.165, 1.54) is 462 Å². The van der Waals surface area contributed by atoms with Crippen LogP contribution >= 0.6 is 0 Å². The number of benzene rings is 2. The minimum absolute atomic E-state index is 0.574. The van der Waals surface area contributed by atoms with Gasteiger partial charge in [-0.05, 0) is 122 Å². The summed E-state index contributed by atoms with van der Waals surface area (Å²) in [5.74, 6) is 10.5. The highest BCUT2D eigenvalue weighted by atomic mass is 16.5. The molecule has 7 rings (SSSR count). The highest BCUT2D eigenvalue weighted by Gasteiger charge is 2.25. The van der Waals surface area contributed by atoms with Gasteiger partial charge in [0.15, 0.2) is 23.0 Å². The van der Waals surface area contributed by atoms with Gasteiger partial charge in [-0.1, -0.05) is 554 Å². The molecule has 2 N–H and O–H groups in total. The SMILES string of the molecule is C#Cc1c2nc(c(-c3cc(OCCCCCCCCCCCCCCCC)c(OCCCCCCCCCCCCCCCC)c(OCCCCCCCCCCCCCCCC)c3)c3ccc([nH]3)c(C#C)c3nc(c(-c4cc(OCCCCCCCCCCCCCCCC)c(OCCCCCCCCCCCCCCCC)c(OCCCCCCCCCCCCCCCC)c4)c4ccc1[nH]4)C=C3)C=C2. The predicted octanol–water partition coefficient (Wildman–Crippen LogP) is 43.1. The van der Waals surface area contributed by atoms with E-state index in [1.807, 2.05) is 0 Å². The van der Waals surface area contributed by atoms with Crippen LogP contribution in [-0.2, 0) is 0 Å². The topological polar surface area (TPSA) is 113 Å². The normalized spacial score (nSPS) is 11.8. The first kappa shape index (κ1) is 122. The molecule has 10 heteroatoms. The third-order valence-corrected chi connectivity index (χ3v) is 30.2. The van der Waals surface area contributed by atoms with Crippen molar-refractivity contribution in [1.82, 2.24) is 19.9 Å². The molecule has 5 heterocycles. The summed E-state index contributed by atoms with van der Waals surface area (Å²) in [6.45, 7) is 17.3. The number of aromatic amines is 2. The molecule has 0 saturated heterocycles. The van der Waals surface area contributed by atoms with Crippen molar-refractivity contribution in [2.45, 2.75) is 581 Å². The maximum absolute atomic E-state index is 7.16. The minimum atomic E-state index is 0.574. The summed E-state index contributed by atoms with van der Waals surface area (Å²) in [4.78, 5) is 19.1. The molecule has 10 nitrogen and oxygen atoms in total. The van der Waals surface area contributed by atoms with Crippen LogP contribution in [0.1, 0.15) is 615 Å². The monoisotopic (exact) mass is 1950 g/mol. The Morgan fingerprint density at radius 2 is 0.352 bits per heavy atom. The smallest absolute Gasteiger partial charge is 0.203 e. The number of aromatic nitrogens is 4. The summed E-state index contributed by atoms with van der Waals surface area (Å²) in [7, 11) is 0. The van der Waals surface area contributed by atoms with Crippen LogP contribution in [-0.4, -0.2) is 59.6 Å². The van der Waals surface area contributed by atoms with E-state index in [2.05, 4.69) is 136 Å². The molecule has 0 unspecified atom stereocenters. The summed E-state index contributed by atoms with van der Waals surface area (Å²) in [6, 6.07) is 17.3. The maximum Gasteiger partial charge on any atom is 0.203 e. The van der Waals surface area contributed by atoms with Crippen LogP contribution in [0.3, 0.4) is 0 Å². The van der Waals surface area contributed by atoms with Gasteiger partial charge in [-0.25, -0.2) is 9.97 Å². The van der Waals surface area contributed by atoms with E-state index in [0.29, 0.717) is 96.7 Å². The molecule has 0 spiro atoms. The van der Waals surface area contributed by atoms with E-state index in [4.69, 9.17) is 51.2 Å². The average Bonchev–Trinajstić information content (AvgIpc) is 1.62. The Balaban J connectivity index is 1.26. The summed E-state index contributed by atoms with van der Waals surface area (Å²) in [6.07, 6.45) is 131. The Morgan fingerprint density at radius 3 is 0.528 bits per heavy atom. The fourth-order valence-corrected chi connectivity index (χ4v) is 21.1. The molecule has 3 aromatic heterocycles. The minimum Gasteiger partial charge on any atom is -0.490 e. The second kappa shape index (κ2) is 85.0. The number of ether oxygens (including phenoxy) is 6. The molecular formula is C132H214N4O6. The van der Waals surface area contributed by atoms with Crippen LogP contribution in [0.2, 0.25) is 0 Å². The lowest BCUT2D eigenvalue weighted by Gasteiger charge is -2.19. The largest absolute Gasteiger partial charge is 0.490 e. The zero-order valence-electron chi connectivity index (χ0n) is 93.1. The van der Waals surface area contributed by atoms with Gasteiger partial charge in [0.05, 0.1) is 84.6 Å². The van der Waals surface area contributed by atoms with Gasteiger partial charge in [-0.15, -0.1) is 12.8 Å². The molecule has 5 aromatic rings. The number of fused-ring (bicyclic) bond motifs is 8. The molecule has 0 radical (unpaired) electrons. The Hall–Kier alpha value is -7.04. The second-order valence-corrected chi connectivity index (χ2v) is 43.1. The van der Waals surface area contributed by atoms with Gasteiger partial charge in [0.25, 0.3) is 0 Å². The zero-order chi connectivity index (χ0) is 100. The Kier molecular flexibility index (Phi) is 72.9. The highest BCUT2D eigenvalue weighted by Crippen LogP contribution is 2.47. The highest BCUT2D eigenvalue weighted by molar-refractivity contribution is 5.96. The third-order valence-electron chi connectivity index (χ3n) is 30.2. The van der Waals surface area contributed by atoms with E-state index in [0.717, 1.165) is 133 Å². The molecule has 2 aliphatic rings. The Morgan fingerprint density at radius 1 is 0.197 bits per heavy atom. The number of unbranched alkanes of at least 4 members (excludes halogenated alkanes) is 78. The molecule has 0 aliphatic carbocycles. The number of terminal acetylenes is 2. The molecule has 142 heavy (non-hydrogen) atoms. The Bertz CT molecular complexity index is 3880. The van der Waals surface area contributed by atoms with Gasteiger partial charge in [-0.2, -0.15) is 0 Å². The molecule has 0 fully saturated rings. The number of hydrogen-bond acceptors (Lipinski definition) is 8. The first-order chi connectivity index (χ1) is 70.4. The molecule has 0 saturated carbocycles. The number of rotatable bonds is 98. The molecule has 798 valence electrons. The lowest BCUT2D eigenvalue weighted by molar-refractivity contribution is 0.234. The van der Waals surface area contributed by atoms with E-state index in [9.17, 15) is 0 Å². The van der Waals surface area contributed by atoms with Crippen LogP contribution in [0.25, 0.3) is 68.6 Å². The van der Waals surface area contributed by atoms with E-state index in [1.54, 1.807) is 0 Å². The third kappa shape index (κ3) is 54.1. The van der Waals surface area contributed by atoms with Gasteiger partial charge in [-0.3, -0.25) is 0 Å². The van der Waals surface area contributed by atoms with Gasteiger partial charge in [0.2, 0.25) is 11.5 Å². The van der Waals surface area contributed by atoms with Gasteiger partial charge < -0.3 is 38.4 Å². The standard InChI is InChI=1S/C132H214N4O6/c1-9-17-23-29-35-41-47-53-59-65-71-77-83-89-103-137-125-109-113(110-126(138-104-90-84-78-72-66-60-54-48-42-36-30-24-18-10-2)131(125)141-107-93-87-81-75-69-63-57-51-45-39-33-27-21-13-5)129-121-99-95-117(133-121)115(15-7)119-97-101-123(135-119)130(124-102-98-120(136-124)116(16-8)118-96-100-122(129)134-118)114-111-127(139-105-91-85-79-73-67-61-55-49-43-37-31-25-19-11-3)132(142-108-94-88-82-76-70-64-58-52-46-40-34-28-22-14-6)128(112-114)140-106-92-86-80-74-68-62-56-50-44-38-32-26-20-12-4/h7-8,95-102,109-112,133,136H,9-14,17-94,103-108H2,1-6H3. The summed E-state index contributed by atoms with van der Waals surface area (Å²) in [5.41, 5.74) is 10.9. The lowest BCUT2D eigenvalue weighted by Crippen LogP contribution is -2.07. The molecule has 8 bridgehead atoms. The fraction of sp³-hybridized carbons (Fsp3) is 0.727. The number of H-pyrrole nitrogens is 2. The fourth-order valence-electron chi connectivity index (χ4n) is 21.1. The lowest BCUT2D eigenvalue weighted by atomic mass is 10.0. The summed E-state index contributed by atoms with van der Waals surface area (Å²) >= 11 is 0. The molecule has 0 atom stereocenters. The molecular weight excluding hydrogens is 1740 g/mol. The molecule has 0 amide bonds. The van der Waals surface area contributed by atoms with Crippen LogP contribution < -0.4 is 28.4 Å². The molecule has 2 aromatic carbocycles. The zero-order valence-corrected chi connectivity index (χ0v) is 93.1. The van der Waals surface area contributed by atoms with Crippen molar-refractivity contribution in [3.63, 3.8) is 0 Å². The number of nitrogens with one attached hydrogen (secondary N) is 2. The van der Waals surface area contributed by atoms with Crippen LogP contribution in [0.15, 0.2) is 48.5 Å². The first-order valence-corrected chi connectivity index (χ1v) is 61.6. The Labute approximate surface area is 873 Å². The van der Waals surface area contributed by atoms with Gasteiger partial charge in [0.1, 0.15) is 0 Å². The van der Waals surface area contributed by atoms with Crippen molar-refractivity contribution < 1.29 is 28.4 Å². The predicted molar refractivity (Wildman–Crippen MR) is 620 cm³/mol. The van der Waals surface area contributed by atoms with Crippen molar-refractivity contribution in [1.29, 1.82) is 0 Å². The van der Waals surface area contributed by atoms with E-state index >= 15 is 0 Å². The number of hydrogen-bond donors (Lipinski definition) is 2. The molecule has 2 aliphatic heterocycles. The summed E-state index contributed by atoms with van der Waals surface area (Å²) < 4.78 is 42.9. The quantitative estimate of drug-likeness (QED) is 0.0286. The van der Waals surface area contributed by atoms with Crippen molar-refractivity contribution in [2.75, 3.05) is 39.6 Å². The van der Waals surface area contributed by atoms with Gasteiger partial charge in [0, 0.05) is 22.2 Å². The van der Waals surface area contributed by atoms with Crippen molar-refractivity contribution in [3.8, 4) is 81.4 Å². The van der Waals surface area contributed by atoms with Crippen molar-refractivity contribution >= 4 is 46.4 Å².